The van der Waals surface area contributed by atoms with Crippen LogP contribution in [0.4, 0.5) is 0 Å². The van der Waals surface area contributed by atoms with Crippen LogP contribution in [0.2, 0.25) is 5.02 Å². The fourth-order valence-electron chi connectivity index (χ4n) is 4.56. The molecule has 24 heavy (non-hydrogen) atoms. The molecule has 0 N–H and O–H groups in total. The lowest BCUT2D eigenvalue weighted by Crippen LogP contribution is -2.44. The topological polar surface area (TPSA) is 29.3 Å². The number of likely N-dealkylation sites (N-methyl/N-ethyl adjacent to an activating group) is 1. The van der Waals surface area contributed by atoms with E-state index in [1.807, 2.05) is 12.1 Å². The lowest BCUT2D eigenvalue weighted by atomic mass is 9.75. The molecule has 3 heterocycles. The molecule has 0 aliphatic carbocycles. The van der Waals surface area contributed by atoms with E-state index in [1.165, 1.54) is 24.8 Å². The first-order valence-corrected chi connectivity index (χ1v) is 8.98. The zero-order valence-electron chi connectivity index (χ0n) is 14.1. The Hall–Kier alpha value is -1.03. The lowest BCUT2D eigenvalue weighted by Gasteiger charge is -2.42. The van der Waals surface area contributed by atoms with Crippen LogP contribution in [0.1, 0.15) is 55.0 Å². The number of hydrogen-bond acceptors (Lipinski definition) is 3. The number of fused-ring (bicyclic) bond motifs is 2. The molecule has 0 radical (unpaired) electrons. The number of nitrogens with zero attached hydrogens (tertiary/aromatic N) is 2. The number of halogens is 2. The first-order valence-electron chi connectivity index (χ1n) is 8.60. The Balaban J connectivity index is 0.00000169. The molecule has 130 valence electrons. The van der Waals surface area contributed by atoms with E-state index in [1.54, 1.807) is 0 Å². The molecule has 2 aliphatic heterocycles. The molecule has 2 aromatic rings. The average Bonchev–Trinajstić information content (AvgIpc) is 3.11. The summed E-state index contributed by atoms with van der Waals surface area (Å²) in [5, 5.41) is 5.04. The van der Waals surface area contributed by atoms with Gasteiger partial charge in [0.05, 0.1) is 5.69 Å². The summed E-state index contributed by atoms with van der Waals surface area (Å²) in [6, 6.07) is 11.8. The predicted molar refractivity (Wildman–Crippen MR) is 99.3 cm³/mol. The molecule has 3 nitrogen and oxygen atoms in total. The summed E-state index contributed by atoms with van der Waals surface area (Å²) in [5.74, 6) is 1.92. The van der Waals surface area contributed by atoms with Gasteiger partial charge in [-0.15, -0.1) is 12.4 Å². The molecule has 1 aromatic heterocycles. The van der Waals surface area contributed by atoms with E-state index in [4.69, 9.17) is 16.1 Å². The van der Waals surface area contributed by atoms with Crippen molar-refractivity contribution in [1.82, 2.24) is 10.1 Å². The maximum absolute atomic E-state index is 6.08. The van der Waals surface area contributed by atoms with Gasteiger partial charge in [-0.3, -0.25) is 4.90 Å². The van der Waals surface area contributed by atoms with Crippen LogP contribution in [0.15, 0.2) is 34.9 Å². The van der Waals surface area contributed by atoms with Crippen LogP contribution in [0.25, 0.3) is 0 Å². The molecule has 1 unspecified atom stereocenters. The van der Waals surface area contributed by atoms with Crippen molar-refractivity contribution in [2.24, 2.45) is 0 Å². The third-order valence-corrected chi connectivity index (χ3v) is 6.09. The molecule has 2 fully saturated rings. The number of piperidine rings is 1. The van der Waals surface area contributed by atoms with Crippen LogP contribution in [0.5, 0.6) is 0 Å². The zero-order valence-corrected chi connectivity index (χ0v) is 15.7. The summed E-state index contributed by atoms with van der Waals surface area (Å²) in [6.45, 7) is 2.12. The molecule has 2 aliphatic rings. The fraction of sp³-hybridized carbons (Fsp3) is 0.526. The second-order valence-corrected chi connectivity index (χ2v) is 7.39. The van der Waals surface area contributed by atoms with E-state index in [9.17, 15) is 0 Å². The molecule has 1 aromatic carbocycles. The van der Waals surface area contributed by atoms with E-state index >= 15 is 0 Å². The van der Waals surface area contributed by atoms with Crippen molar-refractivity contribution in [2.45, 2.75) is 56.5 Å². The van der Waals surface area contributed by atoms with E-state index < -0.39 is 0 Å². The molecule has 5 heteroatoms. The summed E-state index contributed by atoms with van der Waals surface area (Å²) in [5.41, 5.74) is 2.43. The van der Waals surface area contributed by atoms with Crippen LogP contribution < -0.4 is 0 Å². The third-order valence-electron chi connectivity index (χ3n) is 5.83. The van der Waals surface area contributed by atoms with Crippen molar-refractivity contribution in [3.8, 4) is 0 Å². The highest BCUT2D eigenvalue weighted by atomic mass is 35.5. The van der Waals surface area contributed by atoms with E-state index in [2.05, 4.69) is 42.2 Å². The second-order valence-electron chi connectivity index (χ2n) is 6.96. The standard InChI is InChI=1S/C19H23ClN2O.ClH/c1-3-14-10-18(23-21-14)19-16(12-4-6-13(20)7-5-12)11-15-8-9-17(19)22(15)2;/h4-7,10,15-17,19H,3,8-9,11H2,1-2H3;1H/t15-,16-,17?,19+;/m1./s1. The van der Waals surface area contributed by atoms with Crippen LogP contribution in [-0.2, 0) is 6.42 Å². The summed E-state index contributed by atoms with van der Waals surface area (Å²) in [6.07, 6.45) is 4.64. The van der Waals surface area contributed by atoms with E-state index in [-0.39, 0.29) is 12.4 Å². The molecule has 0 amide bonds. The van der Waals surface area contributed by atoms with Gasteiger partial charge in [-0.25, -0.2) is 0 Å². The van der Waals surface area contributed by atoms with Crippen molar-refractivity contribution < 1.29 is 4.52 Å². The number of hydrogen-bond donors (Lipinski definition) is 0. The SMILES string of the molecule is CCc1cc([C@@H]2C3CC[C@H](C[C@@H]2c2ccc(Cl)cc2)N3C)on1.Cl. The minimum absolute atomic E-state index is 0. The smallest absolute Gasteiger partial charge is 0.142 e. The highest BCUT2D eigenvalue weighted by Crippen LogP contribution is 2.51. The Labute approximate surface area is 154 Å². The molecular formula is C19H24Cl2N2O. The first kappa shape index (κ1) is 17.8. The molecular weight excluding hydrogens is 343 g/mol. The van der Waals surface area contributed by atoms with Gasteiger partial charge in [0.1, 0.15) is 5.76 Å². The van der Waals surface area contributed by atoms with Gasteiger partial charge in [-0.2, -0.15) is 0 Å². The van der Waals surface area contributed by atoms with Crippen LogP contribution in [-0.4, -0.2) is 29.2 Å². The molecule has 0 spiro atoms. The minimum Gasteiger partial charge on any atom is -0.361 e. The highest BCUT2D eigenvalue weighted by Gasteiger charge is 2.48. The van der Waals surface area contributed by atoms with Crippen molar-refractivity contribution in [3.05, 3.63) is 52.4 Å². The van der Waals surface area contributed by atoms with Gasteiger partial charge in [0, 0.05) is 29.1 Å². The number of aromatic nitrogens is 1. The summed E-state index contributed by atoms with van der Waals surface area (Å²) >= 11 is 6.08. The Morgan fingerprint density at radius 2 is 2.00 bits per heavy atom. The fourth-order valence-corrected chi connectivity index (χ4v) is 4.69. The Morgan fingerprint density at radius 3 is 2.67 bits per heavy atom. The van der Waals surface area contributed by atoms with Gasteiger partial charge < -0.3 is 4.52 Å². The van der Waals surface area contributed by atoms with Gasteiger partial charge in [0.2, 0.25) is 0 Å². The Bertz CT molecular complexity index is 685. The number of rotatable bonds is 3. The molecule has 0 saturated carbocycles. The largest absolute Gasteiger partial charge is 0.361 e. The van der Waals surface area contributed by atoms with Crippen LogP contribution in [0, 0.1) is 0 Å². The highest BCUT2D eigenvalue weighted by molar-refractivity contribution is 6.30. The van der Waals surface area contributed by atoms with Gasteiger partial charge in [0.25, 0.3) is 0 Å². The number of benzene rings is 1. The monoisotopic (exact) mass is 366 g/mol. The zero-order chi connectivity index (χ0) is 16.0. The normalized spacial score (nSPS) is 29.5. The molecule has 2 bridgehead atoms. The van der Waals surface area contributed by atoms with Crippen molar-refractivity contribution in [3.63, 3.8) is 0 Å². The number of aryl methyl sites for hydroxylation is 1. The predicted octanol–water partition coefficient (Wildman–Crippen LogP) is 5.05. The molecule has 4 atom stereocenters. The maximum Gasteiger partial charge on any atom is 0.142 e. The third kappa shape index (κ3) is 2.98. The van der Waals surface area contributed by atoms with Crippen LogP contribution >= 0.6 is 24.0 Å². The van der Waals surface area contributed by atoms with E-state index in [0.717, 1.165) is 22.9 Å². The Morgan fingerprint density at radius 1 is 1.25 bits per heavy atom. The second kappa shape index (κ2) is 7.07. The molecule has 2 saturated heterocycles. The van der Waals surface area contributed by atoms with Crippen molar-refractivity contribution in [1.29, 1.82) is 0 Å². The van der Waals surface area contributed by atoms with Gasteiger partial charge in [0.15, 0.2) is 0 Å². The quantitative estimate of drug-likeness (QED) is 0.761. The average molecular weight is 367 g/mol. The van der Waals surface area contributed by atoms with Gasteiger partial charge in [-0.05, 0) is 56.3 Å². The first-order chi connectivity index (χ1) is 11.2. The summed E-state index contributed by atoms with van der Waals surface area (Å²) in [4.78, 5) is 2.56. The van der Waals surface area contributed by atoms with Gasteiger partial charge >= 0.3 is 0 Å². The van der Waals surface area contributed by atoms with Crippen LogP contribution in [0.3, 0.4) is 0 Å². The maximum atomic E-state index is 6.08. The van der Waals surface area contributed by atoms with E-state index in [0.29, 0.717) is 23.9 Å². The Kier molecular flexibility index (Phi) is 5.24. The summed E-state index contributed by atoms with van der Waals surface area (Å²) in [7, 11) is 2.27. The molecule has 4 rings (SSSR count). The minimum atomic E-state index is 0. The van der Waals surface area contributed by atoms with Crippen molar-refractivity contribution in [2.75, 3.05) is 7.05 Å². The lowest BCUT2D eigenvalue weighted by molar-refractivity contribution is 0.122. The van der Waals surface area contributed by atoms with Crippen molar-refractivity contribution >= 4 is 24.0 Å². The summed E-state index contributed by atoms with van der Waals surface area (Å²) < 4.78 is 5.77. The van der Waals surface area contributed by atoms with Gasteiger partial charge in [-0.1, -0.05) is 35.8 Å².